The zero-order valence-corrected chi connectivity index (χ0v) is 9.86. The first-order valence-corrected chi connectivity index (χ1v) is 5.28. The van der Waals surface area contributed by atoms with E-state index in [9.17, 15) is 9.59 Å². The molecule has 6 nitrogen and oxygen atoms in total. The highest BCUT2D eigenvalue weighted by Crippen LogP contribution is 1.94. The fourth-order valence-electron chi connectivity index (χ4n) is 1.11. The van der Waals surface area contributed by atoms with Crippen molar-refractivity contribution in [3.63, 3.8) is 0 Å². The maximum atomic E-state index is 11.3. The molecule has 0 rings (SSSR count). The van der Waals surface area contributed by atoms with E-state index in [0.717, 1.165) is 0 Å². The zero-order chi connectivity index (χ0) is 12.7. The Morgan fingerprint density at radius 3 is 2.19 bits per heavy atom. The van der Waals surface area contributed by atoms with Crippen LogP contribution in [0.2, 0.25) is 0 Å². The quantitative estimate of drug-likeness (QED) is 0.466. The smallest absolute Gasteiger partial charge is 0.328 e. The number of aliphatic hydroxyl groups is 1. The number of amides is 1. The molecule has 0 radical (unpaired) electrons. The van der Waals surface area contributed by atoms with E-state index in [1.807, 2.05) is 13.8 Å². The van der Waals surface area contributed by atoms with Crippen LogP contribution in [0.4, 0.5) is 0 Å². The Bertz CT molecular complexity index is 241. The van der Waals surface area contributed by atoms with Gasteiger partial charge in [-0.2, -0.15) is 0 Å². The van der Waals surface area contributed by atoms with Crippen molar-refractivity contribution in [1.82, 2.24) is 10.6 Å². The Morgan fingerprint density at radius 2 is 1.81 bits per heavy atom. The van der Waals surface area contributed by atoms with E-state index in [4.69, 9.17) is 10.2 Å². The van der Waals surface area contributed by atoms with Gasteiger partial charge in [-0.15, -0.1) is 0 Å². The Kier molecular flexibility index (Phi) is 6.67. The molecule has 4 N–H and O–H groups in total. The number of nitrogens with one attached hydrogen (secondary N) is 2. The molecule has 16 heavy (non-hydrogen) atoms. The molecule has 0 aliphatic rings. The largest absolute Gasteiger partial charge is 0.480 e. The van der Waals surface area contributed by atoms with E-state index >= 15 is 0 Å². The van der Waals surface area contributed by atoms with Gasteiger partial charge >= 0.3 is 5.97 Å². The highest BCUT2D eigenvalue weighted by atomic mass is 16.4. The van der Waals surface area contributed by atoms with Crippen molar-refractivity contribution in [2.75, 3.05) is 6.54 Å². The van der Waals surface area contributed by atoms with Crippen molar-refractivity contribution in [2.45, 2.75) is 45.4 Å². The predicted molar refractivity (Wildman–Crippen MR) is 59.0 cm³/mol. The molecule has 2 unspecified atom stereocenters. The van der Waals surface area contributed by atoms with Crippen LogP contribution in [0, 0.1) is 0 Å². The average Bonchev–Trinajstić information content (AvgIpc) is 2.12. The van der Waals surface area contributed by atoms with Crippen LogP contribution in [0.3, 0.4) is 0 Å². The van der Waals surface area contributed by atoms with E-state index < -0.39 is 18.1 Å². The SMILES string of the molecule is CC(C)NCCC(=O)NC(C(=O)O)C(C)O. The monoisotopic (exact) mass is 232 g/mol. The molecule has 0 saturated carbocycles. The van der Waals surface area contributed by atoms with Crippen LogP contribution in [-0.2, 0) is 9.59 Å². The second-order valence-electron chi connectivity index (χ2n) is 3.98. The Hall–Kier alpha value is -1.14. The lowest BCUT2D eigenvalue weighted by Gasteiger charge is -2.17. The molecular formula is C10H20N2O4. The summed E-state index contributed by atoms with van der Waals surface area (Å²) in [5, 5.41) is 23.1. The van der Waals surface area contributed by atoms with Crippen LogP contribution in [0.5, 0.6) is 0 Å². The van der Waals surface area contributed by atoms with Gasteiger partial charge in [0.05, 0.1) is 6.10 Å². The molecule has 2 atom stereocenters. The van der Waals surface area contributed by atoms with Gasteiger partial charge in [-0.3, -0.25) is 4.79 Å². The lowest BCUT2D eigenvalue weighted by atomic mass is 10.2. The summed E-state index contributed by atoms with van der Waals surface area (Å²) in [6, 6.07) is -0.966. The number of carbonyl (C=O) groups is 2. The van der Waals surface area contributed by atoms with E-state index in [1.54, 1.807) is 0 Å². The van der Waals surface area contributed by atoms with Crippen LogP contribution in [0.1, 0.15) is 27.2 Å². The summed E-state index contributed by atoms with van der Waals surface area (Å²) in [6.07, 6.45) is -0.922. The number of rotatable bonds is 7. The molecule has 0 aromatic carbocycles. The van der Waals surface area contributed by atoms with Crippen molar-refractivity contribution >= 4 is 11.9 Å². The van der Waals surface area contributed by atoms with E-state index in [2.05, 4.69) is 10.6 Å². The lowest BCUT2D eigenvalue weighted by Crippen LogP contribution is -2.48. The molecular weight excluding hydrogens is 212 g/mol. The van der Waals surface area contributed by atoms with E-state index in [0.29, 0.717) is 6.54 Å². The van der Waals surface area contributed by atoms with Crippen LogP contribution < -0.4 is 10.6 Å². The van der Waals surface area contributed by atoms with Gasteiger partial charge in [-0.25, -0.2) is 4.79 Å². The average molecular weight is 232 g/mol. The number of carbonyl (C=O) groups excluding carboxylic acids is 1. The summed E-state index contributed by atoms with van der Waals surface area (Å²) in [7, 11) is 0. The summed E-state index contributed by atoms with van der Waals surface area (Å²) < 4.78 is 0. The molecule has 0 fully saturated rings. The standard InChI is InChI=1S/C10H20N2O4/c1-6(2)11-5-4-8(14)12-9(7(3)13)10(15)16/h6-7,9,11,13H,4-5H2,1-3H3,(H,12,14)(H,15,16). The van der Waals surface area contributed by atoms with Gasteiger partial charge in [0.25, 0.3) is 0 Å². The number of aliphatic carboxylic acids is 1. The second kappa shape index (κ2) is 7.19. The van der Waals surface area contributed by atoms with Crippen molar-refractivity contribution in [3.8, 4) is 0 Å². The van der Waals surface area contributed by atoms with Crippen LogP contribution in [-0.4, -0.2) is 46.8 Å². The maximum Gasteiger partial charge on any atom is 0.328 e. The molecule has 0 saturated heterocycles. The lowest BCUT2D eigenvalue weighted by molar-refractivity contribution is -0.144. The normalized spacial score (nSPS) is 14.6. The van der Waals surface area contributed by atoms with Gasteiger partial charge < -0.3 is 20.8 Å². The molecule has 0 bridgehead atoms. The topological polar surface area (TPSA) is 98.7 Å². The van der Waals surface area contributed by atoms with Gasteiger partial charge in [0.1, 0.15) is 0 Å². The number of hydrogen-bond donors (Lipinski definition) is 4. The molecule has 0 heterocycles. The van der Waals surface area contributed by atoms with Crippen molar-refractivity contribution in [3.05, 3.63) is 0 Å². The van der Waals surface area contributed by atoms with Gasteiger partial charge in [0, 0.05) is 19.0 Å². The number of aliphatic hydroxyl groups excluding tert-OH is 1. The van der Waals surface area contributed by atoms with Crippen LogP contribution in [0.15, 0.2) is 0 Å². The Balaban J connectivity index is 3.97. The molecule has 6 heteroatoms. The van der Waals surface area contributed by atoms with Gasteiger partial charge in [0.15, 0.2) is 6.04 Å². The zero-order valence-electron chi connectivity index (χ0n) is 9.86. The summed E-state index contributed by atoms with van der Waals surface area (Å²) in [4.78, 5) is 22.0. The summed E-state index contributed by atoms with van der Waals surface area (Å²) in [5.74, 6) is -1.62. The minimum absolute atomic E-state index is 0.189. The minimum atomic E-state index is -1.24. The molecule has 94 valence electrons. The third kappa shape index (κ3) is 6.36. The molecule has 1 amide bonds. The maximum absolute atomic E-state index is 11.3. The Morgan fingerprint density at radius 1 is 1.25 bits per heavy atom. The molecule has 0 spiro atoms. The van der Waals surface area contributed by atoms with Gasteiger partial charge in [-0.1, -0.05) is 13.8 Å². The first kappa shape index (κ1) is 14.9. The first-order valence-electron chi connectivity index (χ1n) is 5.28. The van der Waals surface area contributed by atoms with Crippen molar-refractivity contribution in [1.29, 1.82) is 0 Å². The van der Waals surface area contributed by atoms with Crippen LogP contribution >= 0.6 is 0 Å². The van der Waals surface area contributed by atoms with E-state index in [1.165, 1.54) is 6.92 Å². The minimum Gasteiger partial charge on any atom is -0.480 e. The fourth-order valence-corrected chi connectivity index (χ4v) is 1.11. The Labute approximate surface area is 95.0 Å². The second-order valence-corrected chi connectivity index (χ2v) is 3.98. The van der Waals surface area contributed by atoms with Crippen molar-refractivity contribution in [2.24, 2.45) is 0 Å². The number of carboxylic acid groups (broad SMARTS) is 1. The highest BCUT2D eigenvalue weighted by molar-refractivity contribution is 5.83. The van der Waals surface area contributed by atoms with Gasteiger partial charge in [0.2, 0.25) is 5.91 Å². The van der Waals surface area contributed by atoms with E-state index in [-0.39, 0.29) is 18.4 Å². The number of carboxylic acids is 1. The van der Waals surface area contributed by atoms with Crippen LogP contribution in [0.25, 0.3) is 0 Å². The molecule has 0 aliphatic heterocycles. The fraction of sp³-hybridized carbons (Fsp3) is 0.800. The number of hydrogen-bond acceptors (Lipinski definition) is 4. The third-order valence-corrected chi connectivity index (χ3v) is 1.97. The summed E-state index contributed by atoms with van der Waals surface area (Å²) >= 11 is 0. The molecule has 0 aliphatic carbocycles. The summed E-state index contributed by atoms with van der Waals surface area (Å²) in [5.41, 5.74) is 0. The van der Waals surface area contributed by atoms with Gasteiger partial charge in [-0.05, 0) is 6.92 Å². The highest BCUT2D eigenvalue weighted by Gasteiger charge is 2.24. The first-order chi connectivity index (χ1) is 7.34. The third-order valence-electron chi connectivity index (χ3n) is 1.97. The predicted octanol–water partition coefficient (Wildman–Crippen LogP) is -0.675. The molecule has 0 aromatic heterocycles. The molecule has 0 aromatic rings. The van der Waals surface area contributed by atoms with Crippen molar-refractivity contribution < 1.29 is 19.8 Å². The summed E-state index contributed by atoms with van der Waals surface area (Å²) in [6.45, 7) is 5.71.